The molecule has 0 unspecified atom stereocenters. The van der Waals surface area contributed by atoms with Crippen molar-refractivity contribution >= 4 is 22.7 Å². The van der Waals surface area contributed by atoms with Crippen LogP contribution in [0.15, 0.2) is 29.4 Å². The number of carbonyl (C=O) groups excluding carboxylic acids is 1. The van der Waals surface area contributed by atoms with Crippen LogP contribution in [-0.2, 0) is 9.63 Å². The zero-order valence-corrected chi connectivity index (χ0v) is 8.97. The number of nitrogens with zero attached hydrogens (tertiary/aromatic N) is 3. The molecule has 1 aromatic carbocycles. The third-order valence-electron chi connectivity index (χ3n) is 1.99. The van der Waals surface area contributed by atoms with Gasteiger partial charge in [0.05, 0.1) is 11.0 Å². The fourth-order valence-corrected chi connectivity index (χ4v) is 1.29. The fraction of sp³-hybridized carbons (Fsp3) is 0.0909. The van der Waals surface area contributed by atoms with Crippen LogP contribution in [0.3, 0.4) is 0 Å². The summed E-state index contributed by atoms with van der Waals surface area (Å²) < 4.78 is 0. The standard InChI is InChI=1S/C11H8N4O2/c1-7(16)17-15-10(6-12)11-13-8-4-2-3-5-9(8)14-11/h2-5H,1H3,(H,13,14). The summed E-state index contributed by atoms with van der Waals surface area (Å²) >= 11 is 0. The smallest absolute Gasteiger partial charge is 0.332 e. The summed E-state index contributed by atoms with van der Waals surface area (Å²) in [6, 6.07) is 9.12. The summed E-state index contributed by atoms with van der Waals surface area (Å²) in [5, 5.41) is 12.3. The van der Waals surface area contributed by atoms with E-state index in [0.29, 0.717) is 5.52 Å². The zero-order valence-electron chi connectivity index (χ0n) is 8.97. The maximum absolute atomic E-state index is 10.6. The predicted octanol–water partition coefficient (Wildman–Crippen LogP) is 1.35. The van der Waals surface area contributed by atoms with Crippen LogP contribution in [-0.4, -0.2) is 21.6 Å². The molecular formula is C11H8N4O2. The molecule has 2 rings (SSSR count). The second-order valence-electron chi connectivity index (χ2n) is 3.24. The van der Waals surface area contributed by atoms with Gasteiger partial charge in [-0.05, 0) is 12.1 Å². The summed E-state index contributed by atoms with van der Waals surface area (Å²) in [5.41, 5.74) is 1.43. The number of hydrogen-bond acceptors (Lipinski definition) is 5. The van der Waals surface area contributed by atoms with Gasteiger partial charge in [0.15, 0.2) is 5.82 Å². The first-order valence-electron chi connectivity index (χ1n) is 4.81. The molecule has 84 valence electrons. The summed E-state index contributed by atoms with van der Waals surface area (Å²) in [6.07, 6.45) is 0. The van der Waals surface area contributed by atoms with Crippen molar-refractivity contribution in [2.75, 3.05) is 0 Å². The number of oxime groups is 1. The van der Waals surface area contributed by atoms with Gasteiger partial charge in [-0.3, -0.25) is 0 Å². The molecule has 0 aliphatic heterocycles. The quantitative estimate of drug-likeness (QED) is 0.477. The van der Waals surface area contributed by atoms with Crippen LogP contribution < -0.4 is 0 Å². The van der Waals surface area contributed by atoms with E-state index in [9.17, 15) is 4.79 Å². The van der Waals surface area contributed by atoms with Crippen molar-refractivity contribution in [3.05, 3.63) is 30.1 Å². The van der Waals surface area contributed by atoms with Gasteiger partial charge in [0, 0.05) is 6.92 Å². The monoisotopic (exact) mass is 228 g/mol. The van der Waals surface area contributed by atoms with Crippen LogP contribution in [0.25, 0.3) is 11.0 Å². The Morgan fingerprint density at radius 1 is 1.53 bits per heavy atom. The van der Waals surface area contributed by atoms with Gasteiger partial charge in [-0.2, -0.15) is 5.26 Å². The van der Waals surface area contributed by atoms with Crippen molar-refractivity contribution in [3.8, 4) is 6.07 Å². The molecule has 1 heterocycles. The highest BCUT2D eigenvalue weighted by Gasteiger charge is 2.09. The van der Waals surface area contributed by atoms with Gasteiger partial charge >= 0.3 is 5.97 Å². The van der Waals surface area contributed by atoms with Gasteiger partial charge in [0.1, 0.15) is 6.07 Å². The summed E-state index contributed by atoms with van der Waals surface area (Å²) in [7, 11) is 0. The molecule has 1 aromatic heterocycles. The van der Waals surface area contributed by atoms with E-state index in [1.165, 1.54) is 6.92 Å². The first-order chi connectivity index (χ1) is 8.20. The highest BCUT2D eigenvalue weighted by molar-refractivity contribution is 6.10. The first-order valence-corrected chi connectivity index (χ1v) is 4.81. The SMILES string of the molecule is CC(=O)ON=C(C#N)c1nc2ccccc2[nH]1. The number of fused-ring (bicyclic) bond motifs is 1. The molecule has 2 aromatic rings. The van der Waals surface area contributed by atoms with Gasteiger partial charge in [0.2, 0.25) is 5.71 Å². The van der Waals surface area contributed by atoms with Gasteiger partial charge in [-0.1, -0.05) is 17.3 Å². The van der Waals surface area contributed by atoms with E-state index in [2.05, 4.69) is 20.0 Å². The summed E-state index contributed by atoms with van der Waals surface area (Å²) in [4.78, 5) is 22.1. The third kappa shape index (κ3) is 2.29. The number of benzene rings is 1. The molecule has 0 atom stereocenters. The normalized spacial score (nSPS) is 11.2. The average molecular weight is 228 g/mol. The van der Waals surface area contributed by atoms with Crippen LogP contribution >= 0.6 is 0 Å². The Morgan fingerprint density at radius 2 is 2.29 bits per heavy atom. The molecule has 6 nitrogen and oxygen atoms in total. The van der Waals surface area contributed by atoms with E-state index >= 15 is 0 Å². The van der Waals surface area contributed by atoms with Gasteiger partial charge in [0.25, 0.3) is 0 Å². The minimum atomic E-state index is -0.589. The lowest BCUT2D eigenvalue weighted by molar-refractivity contribution is -0.140. The number of H-pyrrole nitrogens is 1. The molecule has 6 heteroatoms. The lowest BCUT2D eigenvalue weighted by atomic mass is 10.3. The number of rotatable bonds is 2. The molecule has 0 amide bonds. The van der Waals surface area contributed by atoms with E-state index < -0.39 is 5.97 Å². The van der Waals surface area contributed by atoms with Gasteiger partial charge < -0.3 is 9.82 Å². The number of nitrogens with one attached hydrogen (secondary N) is 1. The summed E-state index contributed by atoms with van der Waals surface area (Å²) in [6.45, 7) is 1.21. The number of hydrogen-bond donors (Lipinski definition) is 1. The minimum absolute atomic E-state index is 0.0728. The lowest BCUT2D eigenvalue weighted by Gasteiger charge is -1.91. The van der Waals surface area contributed by atoms with Crippen LogP contribution in [0.1, 0.15) is 12.7 Å². The molecular weight excluding hydrogens is 220 g/mol. The Kier molecular flexibility index (Phi) is 2.83. The second kappa shape index (κ2) is 4.45. The fourth-order valence-electron chi connectivity index (χ4n) is 1.29. The van der Waals surface area contributed by atoms with Crippen LogP contribution in [0.2, 0.25) is 0 Å². The van der Waals surface area contributed by atoms with E-state index in [4.69, 9.17) is 5.26 Å². The third-order valence-corrected chi connectivity index (χ3v) is 1.99. The maximum Gasteiger partial charge on any atom is 0.332 e. The molecule has 0 saturated carbocycles. The van der Waals surface area contributed by atoms with Crippen molar-refractivity contribution in [2.24, 2.45) is 5.16 Å². The molecule has 0 radical (unpaired) electrons. The van der Waals surface area contributed by atoms with Crippen LogP contribution in [0.5, 0.6) is 0 Å². The molecule has 0 spiro atoms. The lowest BCUT2D eigenvalue weighted by Crippen LogP contribution is -2.03. The number of nitriles is 1. The number of imidazole rings is 1. The topological polar surface area (TPSA) is 91.1 Å². The van der Waals surface area contributed by atoms with E-state index in [1.54, 1.807) is 6.07 Å². The minimum Gasteiger partial charge on any atom is -0.336 e. The van der Waals surface area contributed by atoms with Crippen molar-refractivity contribution in [3.63, 3.8) is 0 Å². The Labute approximate surface area is 96.5 Å². The van der Waals surface area contributed by atoms with Crippen molar-refractivity contribution < 1.29 is 9.63 Å². The van der Waals surface area contributed by atoms with Crippen molar-refractivity contribution in [1.29, 1.82) is 5.26 Å². The number of carbonyl (C=O) groups is 1. The molecule has 0 bridgehead atoms. The Morgan fingerprint density at radius 3 is 2.94 bits per heavy atom. The van der Waals surface area contributed by atoms with Crippen LogP contribution in [0.4, 0.5) is 0 Å². The highest BCUT2D eigenvalue weighted by atomic mass is 16.7. The average Bonchev–Trinajstić information content (AvgIpc) is 2.72. The van der Waals surface area contributed by atoms with Crippen molar-refractivity contribution in [1.82, 2.24) is 9.97 Å². The van der Waals surface area contributed by atoms with E-state index in [1.807, 2.05) is 24.3 Å². The van der Waals surface area contributed by atoms with Gasteiger partial charge in [-0.25, -0.2) is 9.78 Å². The van der Waals surface area contributed by atoms with E-state index in [-0.39, 0.29) is 11.5 Å². The Hall–Kier alpha value is -2.68. The molecule has 0 aliphatic rings. The number of para-hydroxylation sites is 2. The maximum atomic E-state index is 10.6. The Bertz CT molecular complexity index is 603. The first kappa shape index (κ1) is 10.8. The molecule has 0 saturated heterocycles. The number of aromatic nitrogens is 2. The molecule has 0 aliphatic carbocycles. The highest BCUT2D eigenvalue weighted by Crippen LogP contribution is 2.10. The predicted molar refractivity (Wildman–Crippen MR) is 60.0 cm³/mol. The Balaban J connectivity index is 2.41. The van der Waals surface area contributed by atoms with E-state index in [0.717, 1.165) is 5.52 Å². The number of aromatic amines is 1. The molecule has 1 N–H and O–H groups in total. The second-order valence-corrected chi connectivity index (χ2v) is 3.24. The van der Waals surface area contributed by atoms with Gasteiger partial charge in [-0.15, -0.1) is 0 Å². The zero-order chi connectivity index (χ0) is 12.3. The molecule has 0 fully saturated rings. The van der Waals surface area contributed by atoms with Crippen molar-refractivity contribution in [2.45, 2.75) is 6.92 Å². The van der Waals surface area contributed by atoms with Crippen LogP contribution in [0, 0.1) is 11.3 Å². The largest absolute Gasteiger partial charge is 0.336 e. The summed E-state index contributed by atoms with van der Waals surface area (Å²) in [5.74, 6) is -0.316. The molecule has 17 heavy (non-hydrogen) atoms.